The topological polar surface area (TPSA) is 39.7 Å². The SMILES string of the molecule is COc1ccc(CNCc2c(C)cc(C)cc2C)c(OC)c1OC. The first kappa shape index (κ1) is 18.1. The molecule has 0 fully saturated rings. The van der Waals surface area contributed by atoms with E-state index in [1.807, 2.05) is 12.1 Å². The van der Waals surface area contributed by atoms with Crippen molar-refractivity contribution in [1.29, 1.82) is 0 Å². The fourth-order valence-electron chi connectivity index (χ4n) is 3.11. The Morgan fingerprint density at radius 1 is 0.792 bits per heavy atom. The Bertz CT molecular complexity index is 687. The summed E-state index contributed by atoms with van der Waals surface area (Å²) in [6.45, 7) is 7.96. The highest BCUT2D eigenvalue weighted by molar-refractivity contribution is 5.55. The standard InChI is InChI=1S/C20H27NO3/c1-13-9-14(2)17(15(3)10-13)12-21-11-16-7-8-18(22-4)20(24-6)19(16)23-5/h7-10,21H,11-12H2,1-6H3. The minimum atomic E-state index is 0.627. The van der Waals surface area contributed by atoms with Crippen LogP contribution in [-0.2, 0) is 13.1 Å². The maximum absolute atomic E-state index is 5.53. The second-order valence-electron chi connectivity index (χ2n) is 5.97. The van der Waals surface area contributed by atoms with Crippen LogP contribution in [0.25, 0.3) is 0 Å². The van der Waals surface area contributed by atoms with Gasteiger partial charge in [0.2, 0.25) is 5.75 Å². The zero-order chi connectivity index (χ0) is 17.7. The molecule has 0 heterocycles. The van der Waals surface area contributed by atoms with Gasteiger partial charge in [-0.1, -0.05) is 23.8 Å². The van der Waals surface area contributed by atoms with Crippen molar-refractivity contribution < 1.29 is 14.2 Å². The summed E-state index contributed by atoms with van der Waals surface area (Å²) in [4.78, 5) is 0. The van der Waals surface area contributed by atoms with Crippen molar-refractivity contribution in [3.8, 4) is 17.2 Å². The van der Waals surface area contributed by atoms with Gasteiger partial charge in [-0.25, -0.2) is 0 Å². The van der Waals surface area contributed by atoms with Crippen molar-refractivity contribution in [2.75, 3.05) is 21.3 Å². The Balaban J connectivity index is 2.16. The molecule has 4 nitrogen and oxygen atoms in total. The van der Waals surface area contributed by atoms with Gasteiger partial charge in [0.15, 0.2) is 11.5 Å². The van der Waals surface area contributed by atoms with Gasteiger partial charge in [0.25, 0.3) is 0 Å². The van der Waals surface area contributed by atoms with E-state index in [4.69, 9.17) is 14.2 Å². The first-order valence-electron chi connectivity index (χ1n) is 8.07. The monoisotopic (exact) mass is 329 g/mol. The molecule has 4 heteroatoms. The molecular weight excluding hydrogens is 302 g/mol. The molecule has 130 valence electrons. The van der Waals surface area contributed by atoms with Gasteiger partial charge in [-0.3, -0.25) is 0 Å². The number of hydrogen-bond donors (Lipinski definition) is 1. The van der Waals surface area contributed by atoms with Gasteiger partial charge in [0, 0.05) is 18.7 Å². The molecule has 2 rings (SSSR count). The Labute approximate surface area is 144 Å². The summed E-state index contributed by atoms with van der Waals surface area (Å²) in [7, 11) is 4.89. The van der Waals surface area contributed by atoms with Crippen molar-refractivity contribution in [2.24, 2.45) is 0 Å². The van der Waals surface area contributed by atoms with Gasteiger partial charge in [-0.15, -0.1) is 0 Å². The normalized spacial score (nSPS) is 10.6. The fraction of sp³-hybridized carbons (Fsp3) is 0.400. The molecule has 0 aliphatic rings. The lowest BCUT2D eigenvalue weighted by atomic mass is 10.00. The molecule has 0 unspecified atom stereocenters. The number of benzene rings is 2. The van der Waals surface area contributed by atoms with Crippen molar-refractivity contribution in [2.45, 2.75) is 33.9 Å². The number of rotatable bonds is 7. The highest BCUT2D eigenvalue weighted by Crippen LogP contribution is 2.39. The smallest absolute Gasteiger partial charge is 0.203 e. The zero-order valence-corrected chi connectivity index (χ0v) is 15.4. The number of methoxy groups -OCH3 is 3. The molecule has 1 N–H and O–H groups in total. The summed E-state index contributed by atoms with van der Waals surface area (Å²) in [6.07, 6.45) is 0. The van der Waals surface area contributed by atoms with Gasteiger partial charge in [-0.2, -0.15) is 0 Å². The van der Waals surface area contributed by atoms with Crippen LogP contribution in [0.5, 0.6) is 17.2 Å². The van der Waals surface area contributed by atoms with Crippen LogP contribution in [0.1, 0.15) is 27.8 Å². The minimum absolute atomic E-state index is 0.627. The quantitative estimate of drug-likeness (QED) is 0.835. The van der Waals surface area contributed by atoms with E-state index in [-0.39, 0.29) is 0 Å². The Morgan fingerprint density at radius 2 is 1.42 bits per heavy atom. The lowest BCUT2D eigenvalue weighted by Gasteiger charge is -2.17. The third kappa shape index (κ3) is 3.82. The number of hydrogen-bond acceptors (Lipinski definition) is 4. The molecule has 0 radical (unpaired) electrons. The molecule has 0 saturated carbocycles. The van der Waals surface area contributed by atoms with E-state index < -0.39 is 0 Å². The number of aryl methyl sites for hydroxylation is 3. The summed E-state index contributed by atoms with van der Waals surface area (Å²) in [5, 5.41) is 3.51. The molecule has 0 atom stereocenters. The number of ether oxygens (including phenoxy) is 3. The van der Waals surface area contributed by atoms with Crippen LogP contribution in [0.4, 0.5) is 0 Å². The maximum Gasteiger partial charge on any atom is 0.203 e. The summed E-state index contributed by atoms with van der Waals surface area (Å²) >= 11 is 0. The molecule has 0 saturated heterocycles. The van der Waals surface area contributed by atoms with Crippen molar-refractivity contribution in [3.63, 3.8) is 0 Å². The predicted octanol–water partition coefficient (Wildman–Crippen LogP) is 3.93. The van der Waals surface area contributed by atoms with Crippen LogP contribution in [-0.4, -0.2) is 21.3 Å². The summed E-state index contributed by atoms with van der Waals surface area (Å²) in [6, 6.07) is 8.35. The average Bonchev–Trinajstić information content (AvgIpc) is 2.56. The summed E-state index contributed by atoms with van der Waals surface area (Å²) in [5.74, 6) is 2.01. The average molecular weight is 329 g/mol. The van der Waals surface area contributed by atoms with Crippen molar-refractivity contribution in [1.82, 2.24) is 5.32 Å². The highest BCUT2D eigenvalue weighted by atomic mass is 16.5. The second kappa shape index (κ2) is 8.06. The first-order chi connectivity index (χ1) is 11.5. The molecular formula is C20H27NO3. The van der Waals surface area contributed by atoms with E-state index in [2.05, 4.69) is 38.2 Å². The molecule has 0 aromatic heterocycles. The Morgan fingerprint density at radius 3 is 1.96 bits per heavy atom. The van der Waals surface area contributed by atoms with Crippen LogP contribution in [0.3, 0.4) is 0 Å². The zero-order valence-electron chi connectivity index (χ0n) is 15.4. The first-order valence-corrected chi connectivity index (χ1v) is 8.07. The van der Waals surface area contributed by atoms with Gasteiger partial charge in [0.05, 0.1) is 21.3 Å². The second-order valence-corrected chi connectivity index (χ2v) is 5.97. The van der Waals surface area contributed by atoms with E-state index in [0.29, 0.717) is 23.8 Å². The lowest BCUT2D eigenvalue weighted by molar-refractivity contribution is 0.321. The lowest BCUT2D eigenvalue weighted by Crippen LogP contribution is -2.15. The van der Waals surface area contributed by atoms with Crippen LogP contribution in [0.2, 0.25) is 0 Å². The number of nitrogens with one attached hydrogen (secondary N) is 1. The van der Waals surface area contributed by atoms with E-state index in [1.54, 1.807) is 21.3 Å². The van der Waals surface area contributed by atoms with Gasteiger partial charge >= 0.3 is 0 Å². The fourth-order valence-corrected chi connectivity index (χ4v) is 3.11. The van der Waals surface area contributed by atoms with E-state index in [1.165, 1.54) is 22.3 Å². The molecule has 2 aromatic carbocycles. The third-order valence-corrected chi connectivity index (χ3v) is 4.24. The molecule has 2 aromatic rings. The van der Waals surface area contributed by atoms with Crippen molar-refractivity contribution >= 4 is 0 Å². The Kier molecular flexibility index (Phi) is 6.10. The van der Waals surface area contributed by atoms with Crippen LogP contribution in [0, 0.1) is 20.8 Å². The van der Waals surface area contributed by atoms with Gasteiger partial charge in [0.1, 0.15) is 0 Å². The van der Waals surface area contributed by atoms with Crippen LogP contribution < -0.4 is 19.5 Å². The van der Waals surface area contributed by atoms with Gasteiger partial charge in [-0.05, 0) is 43.5 Å². The molecule has 24 heavy (non-hydrogen) atoms. The highest BCUT2D eigenvalue weighted by Gasteiger charge is 2.15. The predicted molar refractivity (Wildman–Crippen MR) is 97.3 cm³/mol. The summed E-state index contributed by atoms with van der Waals surface area (Å²) in [5.41, 5.74) is 6.33. The molecule has 0 amide bonds. The molecule has 0 bridgehead atoms. The summed E-state index contributed by atoms with van der Waals surface area (Å²) < 4.78 is 16.3. The van der Waals surface area contributed by atoms with Crippen LogP contribution in [0.15, 0.2) is 24.3 Å². The Hall–Kier alpha value is -2.20. The largest absolute Gasteiger partial charge is 0.493 e. The van der Waals surface area contributed by atoms with Crippen molar-refractivity contribution in [3.05, 3.63) is 52.1 Å². The molecule has 0 aliphatic carbocycles. The molecule has 0 aliphatic heterocycles. The minimum Gasteiger partial charge on any atom is -0.493 e. The maximum atomic E-state index is 5.53. The van der Waals surface area contributed by atoms with E-state index in [9.17, 15) is 0 Å². The van der Waals surface area contributed by atoms with E-state index >= 15 is 0 Å². The molecule has 0 spiro atoms. The van der Waals surface area contributed by atoms with Crippen LogP contribution >= 0.6 is 0 Å². The van der Waals surface area contributed by atoms with Gasteiger partial charge < -0.3 is 19.5 Å². The third-order valence-electron chi connectivity index (χ3n) is 4.24. The van der Waals surface area contributed by atoms with E-state index in [0.717, 1.165) is 12.1 Å².